The number of nitrogens with zero attached hydrogens (tertiary/aromatic N) is 1. The predicted octanol–water partition coefficient (Wildman–Crippen LogP) is 3.54. The van der Waals surface area contributed by atoms with E-state index in [2.05, 4.69) is 22.6 Å². The fraction of sp³-hybridized carbons (Fsp3) is 0.273. The van der Waals surface area contributed by atoms with Crippen LogP contribution in [0.5, 0.6) is 5.75 Å². The van der Waals surface area contributed by atoms with Gasteiger partial charge in [-0.15, -0.1) is 0 Å². The third-order valence-electron chi connectivity index (χ3n) is 5.41. The molecule has 2 aromatic carbocycles. The van der Waals surface area contributed by atoms with E-state index < -0.39 is 0 Å². The molecule has 3 aromatic rings. The van der Waals surface area contributed by atoms with E-state index in [9.17, 15) is 4.79 Å². The molecule has 0 saturated carbocycles. The summed E-state index contributed by atoms with van der Waals surface area (Å²) in [5, 5.41) is 7.09. The summed E-state index contributed by atoms with van der Waals surface area (Å²) in [6, 6.07) is 17.6. The van der Waals surface area contributed by atoms with Gasteiger partial charge in [-0.1, -0.05) is 47.6 Å². The lowest BCUT2D eigenvalue weighted by molar-refractivity contribution is 0.0937. The lowest BCUT2D eigenvalue weighted by atomic mass is 9.69. The molecule has 5 heteroatoms. The van der Waals surface area contributed by atoms with E-state index in [1.54, 1.807) is 25.4 Å². The highest BCUT2D eigenvalue weighted by Crippen LogP contribution is 2.38. The smallest absolute Gasteiger partial charge is 0.255 e. The molecule has 0 spiro atoms. The second-order valence-corrected chi connectivity index (χ2v) is 6.98. The van der Waals surface area contributed by atoms with E-state index >= 15 is 0 Å². The quantitative estimate of drug-likeness (QED) is 0.754. The largest absolute Gasteiger partial charge is 0.496 e. The fourth-order valence-electron chi connectivity index (χ4n) is 3.91. The highest BCUT2D eigenvalue weighted by atomic mass is 16.5. The molecule has 0 radical (unpaired) electrons. The van der Waals surface area contributed by atoms with E-state index in [0.717, 1.165) is 30.6 Å². The third kappa shape index (κ3) is 3.33. The van der Waals surface area contributed by atoms with Crippen LogP contribution in [0, 0.1) is 0 Å². The van der Waals surface area contributed by atoms with Gasteiger partial charge in [-0.05, 0) is 30.5 Å². The van der Waals surface area contributed by atoms with Gasteiger partial charge in [0.05, 0.1) is 18.9 Å². The molecule has 1 heterocycles. The number of aromatic nitrogens is 1. The van der Waals surface area contributed by atoms with Gasteiger partial charge in [0, 0.05) is 23.9 Å². The van der Waals surface area contributed by atoms with Crippen molar-refractivity contribution in [2.75, 3.05) is 13.7 Å². The fourth-order valence-corrected chi connectivity index (χ4v) is 3.91. The Hall–Kier alpha value is -3.08. The second-order valence-electron chi connectivity index (χ2n) is 6.98. The van der Waals surface area contributed by atoms with Gasteiger partial charge in [0.25, 0.3) is 5.91 Å². The average Bonchev–Trinajstić information content (AvgIpc) is 3.20. The van der Waals surface area contributed by atoms with Crippen molar-refractivity contribution < 1.29 is 14.1 Å². The van der Waals surface area contributed by atoms with Crippen molar-refractivity contribution >= 4 is 5.91 Å². The maximum absolute atomic E-state index is 12.8. The third-order valence-corrected chi connectivity index (χ3v) is 5.41. The average molecular weight is 362 g/mol. The molecule has 1 aliphatic carbocycles. The Kier molecular flexibility index (Phi) is 4.67. The summed E-state index contributed by atoms with van der Waals surface area (Å²) in [5.41, 5.74) is 2.70. The molecule has 27 heavy (non-hydrogen) atoms. The van der Waals surface area contributed by atoms with Gasteiger partial charge < -0.3 is 14.6 Å². The van der Waals surface area contributed by atoms with Gasteiger partial charge in [0.2, 0.25) is 0 Å². The molecule has 1 N–H and O–H groups in total. The number of benzene rings is 2. The summed E-state index contributed by atoms with van der Waals surface area (Å²) in [6.45, 7) is 0.540. The molecule has 138 valence electrons. The minimum absolute atomic E-state index is 0.126. The van der Waals surface area contributed by atoms with Crippen LogP contribution in [0.4, 0.5) is 0 Å². The number of ether oxygens (including phenoxy) is 1. The highest BCUT2D eigenvalue weighted by molar-refractivity contribution is 5.97. The molecule has 4 rings (SSSR count). The number of aryl methyl sites for hydroxylation is 1. The maximum atomic E-state index is 12.8. The molecule has 0 aliphatic heterocycles. The predicted molar refractivity (Wildman–Crippen MR) is 102 cm³/mol. The number of carbonyl (C=O) groups excluding carboxylic acids is 1. The van der Waals surface area contributed by atoms with Crippen LogP contribution in [0.3, 0.4) is 0 Å². The number of fused-ring (bicyclic) bond motifs is 1. The van der Waals surface area contributed by atoms with E-state index in [-0.39, 0.29) is 11.3 Å². The van der Waals surface area contributed by atoms with Crippen LogP contribution in [-0.2, 0) is 18.3 Å². The lowest BCUT2D eigenvalue weighted by Crippen LogP contribution is -2.44. The van der Waals surface area contributed by atoms with Crippen LogP contribution in [-0.4, -0.2) is 24.7 Å². The van der Waals surface area contributed by atoms with Crippen LogP contribution >= 0.6 is 0 Å². The van der Waals surface area contributed by atoms with Crippen molar-refractivity contribution in [1.29, 1.82) is 0 Å². The molecule has 1 unspecified atom stereocenters. The molecule has 0 saturated heterocycles. The van der Waals surface area contributed by atoms with Crippen molar-refractivity contribution in [2.24, 2.45) is 0 Å². The van der Waals surface area contributed by atoms with Gasteiger partial charge in [0.15, 0.2) is 0 Å². The lowest BCUT2D eigenvalue weighted by Gasteiger charge is -2.37. The maximum Gasteiger partial charge on any atom is 0.255 e. The molecule has 1 atom stereocenters. The zero-order valence-corrected chi connectivity index (χ0v) is 15.3. The Morgan fingerprint density at radius 3 is 2.78 bits per heavy atom. The van der Waals surface area contributed by atoms with Crippen LogP contribution in [0.2, 0.25) is 0 Å². The minimum Gasteiger partial charge on any atom is -0.496 e. The first-order chi connectivity index (χ1) is 13.2. The van der Waals surface area contributed by atoms with E-state index in [4.69, 9.17) is 9.26 Å². The van der Waals surface area contributed by atoms with Crippen LogP contribution in [0.1, 0.15) is 33.7 Å². The number of hydrogen-bond donors (Lipinski definition) is 1. The molecule has 1 amide bonds. The van der Waals surface area contributed by atoms with E-state index in [0.29, 0.717) is 17.9 Å². The van der Waals surface area contributed by atoms with Crippen molar-refractivity contribution in [3.05, 3.63) is 83.2 Å². The highest BCUT2D eigenvalue weighted by Gasteiger charge is 2.38. The Morgan fingerprint density at radius 1 is 1.19 bits per heavy atom. The Bertz CT molecular complexity index is 935. The van der Waals surface area contributed by atoms with Crippen LogP contribution in [0.25, 0.3) is 0 Å². The standard InChI is InChI=1S/C22H22N2O3/c1-26-20-10-6-5-9-18(20)21(25)23-15-22(17-7-3-2-4-8-17)12-11-19-16(13-22)14-24-27-19/h2-10,14H,11-13,15H2,1H3,(H,23,25). The zero-order valence-electron chi connectivity index (χ0n) is 15.3. The summed E-state index contributed by atoms with van der Waals surface area (Å²) in [5.74, 6) is 1.41. The Morgan fingerprint density at radius 2 is 1.96 bits per heavy atom. The summed E-state index contributed by atoms with van der Waals surface area (Å²) in [6.07, 6.45) is 4.30. The number of hydrogen-bond acceptors (Lipinski definition) is 4. The number of amides is 1. The first-order valence-electron chi connectivity index (χ1n) is 9.11. The Labute approximate surface area is 158 Å². The van der Waals surface area contributed by atoms with Crippen LogP contribution in [0.15, 0.2) is 65.3 Å². The number of nitrogens with one attached hydrogen (secondary N) is 1. The minimum atomic E-state index is -0.183. The summed E-state index contributed by atoms with van der Waals surface area (Å²) < 4.78 is 10.7. The van der Waals surface area contributed by atoms with Crippen molar-refractivity contribution in [3.63, 3.8) is 0 Å². The van der Waals surface area contributed by atoms with Gasteiger partial charge in [-0.25, -0.2) is 0 Å². The molecular weight excluding hydrogens is 340 g/mol. The van der Waals surface area contributed by atoms with Gasteiger partial charge in [-0.3, -0.25) is 4.79 Å². The number of carbonyl (C=O) groups is 1. The monoisotopic (exact) mass is 362 g/mol. The summed E-state index contributed by atoms with van der Waals surface area (Å²) in [4.78, 5) is 12.8. The number of methoxy groups -OCH3 is 1. The molecule has 1 aromatic heterocycles. The van der Waals surface area contributed by atoms with Crippen molar-refractivity contribution in [3.8, 4) is 5.75 Å². The van der Waals surface area contributed by atoms with Gasteiger partial charge >= 0.3 is 0 Å². The topological polar surface area (TPSA) is 64.4 Å². The van der Waals surface area contributed by atoms with Crippen molar-refractivity contribution in [1.82, 2.24) is 10.5 Å². The number of rotatable bonds is 5. The number of para-hydroxylation sites is 1. The normalized spacial score (nSPS) is 18.6. The SMILES string of the molecule is COc1ccccc1C(=O)NCC1(c2ccccc2)CCc2oncc2C1. The van der Waals surface area contributed by atoms with E-state index in [1.807, 2.05) is 30.3 Å². The molecular formula is C22H22N2O3. The molecule has 0 bridgehead atoms. The Balaban J connectivity index is 1.60. The molecule has 5 nitrogen and oxygen atoms in total. The zero-order chi connectivity index (χ0) is 18.7. The second kappa shape index (κ2) is 7.27. The first-order valence-corrected chi connectivity index (χ1v) is 9.11. The van der Waals surface area contributed by atoms with Crippen LogP contribution < -0.4 is 10.1 Å². The molecule has 0 fully saturated rings. The summed E-state index contributed by atoms with van der Waals surface area (Å²) >= 11 is 0. The summed E-state index contributed by atoms with van der Waals surface area (Å²) in [7, 11) is 1.58. The van der Waals surface area contributed by atoms with Crippen molar-refractivity contribution in [2.45, 2.75) is 24.7 Å². The van der Waals surface area contributed by atoms with Gasteiger partial charge in [-0.2, -0.15) is 0 Å². The van der Waals surface area contributed by atoms with Gasteiger partial charge in [0.1, 0.15) is 11.5 Å². The molecule has 1 aliphatic rings. The first kappa shape index (κ1) is 17.3. The van der Waals surface area contributed by atoms with E-state index in [1.165, 1.54) is 5.56 Å².